The van der Waals surface area contributed by atoms with Crippen LogP contribution in [0.15, 0.2) is 0 Å². The van der Waals surface area contributed by atoms with Gasteiger partial charge in [0.1, 0.15) is 0 Å². The van der Waals surface area contributed by atoms with Crippen LogP contribution in [0, 0.1) is 5.92 Å². The van der Waals surface area contributed by atoms with Crippen LogP contribution in [0.1, 0.15) is 52.4 Å². The van der Waals surface area contributed by atoms with E-state index in [1.54, 1.807) is 0 Å². The lowest BCUT2D eigenvalue weighted by Crippen LogP contribution is -2.47. The van der Waals surface area contributed by atoms with Crippen molar-refractivity contribution in [3.05, 3.63) is 0 Å². The molecule has 0 amide bonds. The molecule has 0 saturated heterocycles. The van der Waals surface area contributed by atoms with E-state index in [2.05, 4.69) is 24.1 Å². The Morgan fingerprint density at radius 3 is 2.38 bits per heavy atom. The molecule has 2 fully saturated rings. The molecule has 2 nitrogen and oxygen atoms in total. The monoisotopic (exact) mass is 240 g/mol. The first kappa shape index (κ1) is 12.2. The van der Waals surface area contributed by atoms with Crippen molar-refractivity contribution in [2.75, 3.05) is 6.54 Å². The van der Waals surface area contributed by atoms with Gasteiger partial charge in [-0.25, -0.2) is 0 Å². The maximum atomic E-state index is 5.55. The van der Waals surface area contributed by atoms with E-state index in [1.807, 2.05) is 0 Å². The molecule has 3 heteroatoms. The van der Waals surface area contributed by atoms with Gasteiger partial charge in [-0.1, -0.05) is 12.8 Å². The first-order valence-electron chi connectivity index (χ1n) is 6.74. The lowest BCUT2D eigenvalue weighted by atomic mass is 10.2. The molecule has 2 rings (SSSR count). The Balaban J connectivity index is 1.82. The summed E-state index contributed by atoms with van der Waals surface area (Å²) in [6, 6.07) is 1.18. The van der Waals surface area contributed by atoms with Crippen LogP contribution in [0.25, 0.3) is 0 Å². The highest BCUT2D eigenvalue weighted by Gasteiger charge is 2.27. The number of nitrogens with zero attached hydrogens (tertiary/aromatic N) is 1. The predicted octanol–water partition coefficient (Wildman–Crippen LogP) is 2.92. The summed E-state index contributed by atoms with van der Waals surface area (Å²) >= 11 is 5.55. The molecular weight excluding hydrogens is 216 g/mol. The minimum absolute atomic E-state index is 0.530. The van der Waals surface area contributed by atoms with Gasteiger partial charge in [0.25, 0.3) is 0 Å². The second-order valence-electron chi connectivity index (χ2n) is 5.62. The molecule has 2 saturated carbocycles. The summed E-state index contributed by atoms with van der Waals surface area (Å²) in [5, 5.41) is 4.55. The molecule has 0 radical (unpaired) electrons. The average Bonchev–Trinajstić information content (AvgIpc) is 2.91. The fourth-order valence-corrected chi connectivity index (χ4v) is 2.89. The minimum Gasteiger partial charge on any atom is -0.360 e. The SMILES string of the molecule is CC(C)N(CC1CC1)C(=S)NC1CCCC1. The molecule has 1 N–H and O–H groups in total. The van der Waals surface area contributed by atoms with Gasteiger partial charge in [-0.05, 0) is 57.7 Å². The third kappa shape index (κ3) is 3.34. The lowest BCUT2D eigenvalue weighted by Gasteiger charge is -2.31. The molecule has 0 aromatic rings. The Hall–Kier alpha value is -0.310. The first-order valence-corrected chi connectivity index (χ1v) is 7.15. The van der Waals surface area contributed by atoms with Crippen molar-refractivity contribution in [2.45, 2.75) is 64.5 Å². The Morgan fingerprint density at radius 1 is 1.25 bits per heavy atom. The van der Waals surface area contributed by atoms with Crippen molar-refractivity contribution in [1.82, 2.24) is 10.2 Å². The summed E-state index contributed by atoms with van der Waals surface area (Å²) in [4.78, 5) is 2.38. The summed E-state index contributed by atoms with van der Waals surface area (Å²) in [5.74, 6) is 0.908. The van der Waals surface area contributed by atoms with Crippen LogP contribution in [0.3, 0.4) is 0 Å². The van der Waals surface area contributed by atoms with E-state index < -0.39 is 0 Å². The summed E-state index contributed by atoms with van der Waals surface area (Å²) in [6.07, 6.45) is 8.13. The van der Waals surface area contributed by atoms with Gasteiger partial charge >= 0.3 is 0 Å². The zero-order chi connectivity index (χ0) is 11.5. The van der Waals surface area contributed by atoms with Crippen molar-refractivity contribution < 1.29 is 0 Å². The first-order chi connectivity index (χ1) is 7.66. The van der Waals surface area contributed by atoms with Crippen LogP contribution >= 0.6 is 12.2 Å². The number of nitrogens with one attached hydrogen (secondary N) is 1. The van der Waals surface area contributed by atoms with E-state index >= 15 is 0 Å². The van der Waals surface area contributed by atoms with Gasteiger partial charge in [-0.2, -0.15) is 0 Å². The highest BCUT2D eigenvalue weighted by molar-refractivity contribution is 7.80. The number of hydrogen-bond acceptors (Lipinski definition) is 1. The standard InChI is InChI=1S/C13H24N2S/c1-10(2)15(9-11-7-8-11)13(16)14-12-5-3-4-6-12/h10-12H,3-9H2,1-2H3,(H,14,16). The van der Waals surface area contributed by atoms with Crippen LogP contribution in [-0.4, -0.2) is 28.6 Å². The zero-order valence-corrected chi connectivity index (χ0v) is 11.4. The second kappa shape index (κ2) is 5.35. The van der Waals surface area contributed by atoms with Crippen LogP contribution in [0.4, 0.5) is 0 Å². The van der Waals surface area contributed by atoms with Gasteiger partial charge in [0.2, 0.25) is 0 Å². The Morgan fingerprint density at radius 2 is 1.88 bits per heavy atom. The van der Waals surface area contributed by atoms with E-state index in [1.165, 1.54) is 38.5 Å². The summed E-state index contributed by atoms with van der Waals surface area (Å²) in [5.41, 5.74) is 0. The molecule has 0 bridgehead atoms. The van der Waals surface area contributed by atoms with Crippen LogP contribution in [-0.2, 0) is 0 Å². The fourth-order valence-electron chi connectivity index (χ4n) is 2.43. The van der Waals surface area contributed by atoms with E-state index in [0.717, 1.165) is 17.6 Å². The third-order valence-electron chi connectivity index (χ3n) is 3.72. The molecule has 0 aliphatic heterocycles. The minimum atomic E-state index is 0.530. The summed E-state index contributed by atoms with van der Waals surface area (Å²) < 4.78 is 0. The van der Waals surface area contributed by atoms with E-state index in [0.29, 0.717) is 12.1 Å². The second-order valence-corrected chi connectivity index (χ2v) is 6.01. The number of hydrogen-bond donors (Lipinski definition) is 1. The Bertz CT molecular complexity index is 242. The predicted molar refractivity (Wildman–Crippen MR) is 72.6 cm³/mol. The third-order valence-corrected chi connectivity index (χ3v) is 4.07. The number of rotatable bonds is 4. The average molecular weight is 240 g/mol. The van der Waals surface area contributed by atoms with Crippen molar-refractivity contribution >= 4 is 17.3 Å². The van der Waals surface area contributed by atoms with Gasteiger partial charge < -0.3 is 10.2 Å². The maximum Gasteiger partial charge on any atom is 0.169 e. The van der Waals surface area contributed by atoms with Gasteiger partial charge in [-0.3, -0.25) is 0 Å². The molecule has 2 aliphatic carbocycles. The molecule has 0 atom stereocenters. The van der Waals surface area contributed by atoms with Gasteiger partial charge in [0, 0.05) is 18.6 Å². The van der Waals surface area contributed by atoms with Gasteiger partial charge in [0.05, 0.1) is 0 Å². The molecule has 0 aromatic heterocycles. The summed E-state index contributed by atoms with van der Waals surface area (Å²) in [7, 11) is 0. The van der Waals surface area contributed by atoms with Crippen molar-refractivity contribution in [3.63, 3.8) is 0 Å². The van der Waals surface area contributed by atoms with E-state index in [9.17, 15) is 0 Å². The summed E-state index contributed by atoms with van der Waals surface area (Å²) in [6.45, 7) is 5.65. The van der Waals surface area contributed by atoms with Gasteiger partial charge in [0.15, 0.2) is 5.11 Å². The lowest BCUT2D eigenvalue weighted by molar-refractivity contribution is 0.327. The van der Waals surface area contributed by atoms with Crippen molar-refractivity contribution in [1.29, 1.82) is 0 Å². The normalized spacial score (nSPS) is 21.4. The maximum absolute atomic E-state index is 5.55. The largest absolute Gasteiger partial charge is 0.360 e. The Labute approximate surface area is 105 Å². The molecule has 0 spiro atoms. The molecule has 2 aliphatic rings. The van der Waals surface area contributed by atoms with E-state index in [4.69, 9.17) is 12.2 Å². The highest BCUT2D eigenvalue weighted by atomic mass is 32.1. The highest BCUT2D eigenvalue weighted by Crippen LogP contribution is 2.30. The zero-order valence-electron chi connectivity index (χ0n) is 10.5. The Kier molecular flexibility index (Phi) is 4.06. The van der Waals surface area contributed by atoms with Crippen LogP contribution in [0.2, 0.25) is 0 Å². The molecule has 0 unspecified atom stereocenters. The molecule has 92 valence electrons. The molecule has 16 heavy (non-hydrogen) atoms. The van der Waals surface area contributed by atoms with Crippen molar-refractivity contribution in [3.8, 4) is 0 Å². The van der Waals surface area contributed by atoms with Crippen LogP contribution in [0.5, 0.6) is 0 Å². The van der Waals surface area contributed by atoms with Crippen molar-refractivity contribution in [2.24, 2.45) is 5.92 Å². The topological polar surface area (TPSA) is 15.3 Å². The molecular formula is C13H24N2S. The quantitative estimate of drug-likeness (QED) is 0.761. The van der Waals surface area contributed by atoms with Gasteiger partial charge in [-0.15, -0.1) is 0 Å². The number of thiocarbonyl (C=S) groups is 1. The van der Waals surface area contributed by atoms with Crippen LogP contribution < -0.4 is 5.32 Å². The fraction of sp³-hybridized carbons (Fsp3) is 0.923. The smallest absolute Gasteiger partial charge is 0.169 e. The molecule has 0 aromatic carbocycles. The molecule has 0 heterocycles. The van der Waals surface area contributed by atoms with E-state index in [-0.39, 0.29) is 0 Å².